The van der Waals surface area contributed by atoms with Crippen molar-refractivity contribution < 1.29 is 187 Å². The Morgan fingerprint density at radius 1 is 0.250 bits per heavy atom. The molecule has 0 rings (SSSR count). The first-order valence-corrected chi connectivity index (χ1v) is 12.0. The fraction of sp³-hybridized carbons (Fsp3) is 0.944. The zero-order valence-corrected chi connectivity index (χ0v) is 25.1. The summed E-state index contributed by atoms with van der Waals surface area (Å²) in [5, 5.41) is 0. The van der Waals surface area contributed by atoms with Crippen molar-refractivity contribution in [3.63, 3.8) is 0 Å². The van der Waals surface area contributed by atoms with E-state index in [9.17, 15) is 163 Å². The Morgan fingerprint density at radius 3 is 0.583 bits per heavy atom. The molecule has 0 fully saturated rings. The minimum Gasteiger partial charge on any atom is -0.263 e. The van der Waals surface area contributed by atoms with Gasteiger partial charge in [-0.05, 0) is 0 Å². The van der Waals surface area contributed by atoms with E-state index in [0.717, 1.165) is 14.2 Å². The van der Waals surface area contributed by atoms with Gasteiger partial charge >= 0.3 is 109 Å². The molecule has 0 aliphatic carbocycles. The quantitative estimate of drug-likeness (QED) is 0.113. The lowest BCUT2D eigenvalue weighted by molar-refractivity contribution is -0.600. The second-order valence-electron chi connectivity index (χ2n) is 9.91. The van der Waals surface area contributed by atoms with Crippen LogP contribution in [0.1, 0.15) is 0 Å². The Morgan fingerprint density at radius 2 is 0.433 bits per heavy atom. The van der Waals surface area contributed by atoms with Crippen LogP contribution < -0.4 is 0 Å². The molecule has 0 aliphatic rings. The van der Waals surface area contributed by atoms with Gasteiger partial charge in [-0.15, -0.1) is 0 Å². The summed E-state index contributed by atoms with van der Waals surface area (Å²) in [5.74, 6) is -54.2. The SMILES string of the molecule is O=C(F)[C@](F)(OC(F)(F)[C@@](F)(OC(F)(F)[C@@](F)(OC(F)(F)[C@@](F)(OC(F)(F)[C@@](F)(OC(F)(F)C(F)(F)C(F)(F)F)C(F)(F)F)C(F)(F)F)C(F)(F)F)C(F)(F)F)C(F)(F)F. The molecule has 6 nitrogen and oxygen atoms in total. The number of halogens is 36. The Balaban J connectivity index is 8.02. The van der Waals surface area contributed by atoms with Crippen molar-refractivity contribution in [1.29, 1.82) is 0 Å². The van der Waals surface area contributed by atoms with Crippen molar-refractivity contribution in [3.8, 4) is 0 Å². The Bertz CT molecular complexity index is 1530. The number of alkyl halides is 35. The van der Waals surface area contributed by atoms with E-state index in [2.05, 4.69) is 0 Å². The van der Waals surface area contributed by atoms with Crippen LogP contribution in [0.5, 0.6) is 0 Å². The summed E-state index contributed by atoms with van der Waals surface area (Å²) in [4.78, 5) is 10.1. The summed E-state index contributed by atoms with van der Waals surface area (Å²) in [6.07, 6.45) is -98.7. The predicted octanol–water partition coefficient (Wildman–Crippen LogP) is 10.9. The van der Waals surface area contributed by atoms with Crippen LogP contribution in [-0.2, 0) is 28.5 Å². The van der Waals surface area contributed by atoms with E-state index in [-0.39, 0.29) is 0 Å². The Kier molecular flexibility index (Phi) is 14.0. The molecule has 0 saturated carbocycles. The molecule has 360 valence electrons. The minimum absolute atomic E-state index is 0.652. The minimum atomic E-state index is -9.64. The predicted molar refractivity (Wildman–Crippen MR) is 96.7 cm³/mol. The fourth-order valence-corrected chi connectivity index (χ4v) is 2.71. The van der Waals surface area contributed by atoms with Gasteiger partial charge in [0, 0.05) is 0 Å². The summed E-state index contributed by atoms with van der Waals surface area (Å²) in [7, 11) is 0. The first-order chi connectivity index (χ1) is 25.2. The topological polar surface area (TPSA) is 63.2 Å². The number of ether oxygens (including phenoxy) is 5. The van der Waals surface area contributed by atoms with Gasteiger partial charge in [-0.3, -0.25) is 28.5 Å². The lowest BCUT2D eigenvalue weighted by Crippen LogP contribution is -2.73. The molecule has 0 spiro atoms. The summed E-state index contributed by atoms with van der Waals surface area (Å²) < 4.78 is 483. The van der Waals surface area contributed by atoms with Gasteiger partial charge in [-0.1, -0.05) is 0 Å². The third-order valence-corrected chi connectivity index (χ3v) is 5.64. The molecule has 0 aromatic heterocycles. The smallest absolute Gasteiger partial charge is 0.263 e. The summed E-state index contributed by atoms with van der Waals surface area (Å²) in [6.45, 7) is 0. The van der Waals surface area contributed by atoms with E-state index >= 15 is 0 Å². The summed E-state index contributed by atoms with van der Waals surface area (Å²) >= 11 is 0. The molecule has 60 heavy (non-hydrogen) atoms. The van der Waals surface area contributed by atoms with E-state index in [1.54, 1.807) is 0 Å². The van der Waals surface area contributed by atoms with Crippen LogP contribution >= 0.6 is 0 Å². The highest BCUT2D eigenvalue weighted by Crippen LogP contribution is 2.62. The molecular weight excluding hydrogens is 996 g/mol. The van der Waals surface area contributed by atoms with Crippen molar-refractivity contribution in [2.75, 3.05) is 0 Å². The number of carbonyl (C=O) groups excluding carboxylic acids is 1. The third-order valence-electron chi connectivity index (χ3n) is 5.64. The van der Waals surface area contributed by atoms with E-state index < -0.39 is 109 Å². The highest BCUT2D eigenvalue weighted by molar-refractivity contribution is 5.77. The molecule has 0 aromatic rings. The summed E-state index contributed by atoms with van der Waals surface area (Å²) in [5.41, 5.74) is 0. The second-order valence-corrected chi connectivity index (χ2v) is 9.91. The van der Waals surface area contributed by atoms with Gasteiger partial charge in [0.2, 0.25) is 0 Å². The standard InChI is InChI=1S/C18F36O6/c19-1(55)2(20,8(27,28)29)56-15(47,48)4(23,10(33,34)35)58-17(51,52)6(25,12(39,40)41)60-18(53,54)7(26,13(42,43)44)59-16(49,50)5(24,11(36,37)38)57-14(45,46)3(21,22)9(30,31)32/t2-,4-,5-,6-,7-/m0/s1. The van der Waals surface area contributed by atoms with E-state index in [0.29, 0.717) is 9.47 Å². The van der Waals surface area contributed by atoms with Gasteiger partial charge in [0.15, 0.2) is 0 Å². The van der Waals surface area contributed by atoms with E-state index in [4.69, 9.17) is 0 Å². The van der Waals surface area contributed by atoms with Gasteiger partial charge in [-0.2, -0.15) is 158 Å². The highest BCUT2D eigenvalue weighted by Gasteiger charge is 2.91. The second kappa shape index (κ2) is 14.8. The van der Waals surface area contributed by atoms with E-state index in [1.165, 1.54) is 0 Å². The molecule has 0 N–H and O–H groups in total. The molecule has 0 saturated heterocycles. The lowest BCUT2D eigenvalue weighted by atomic mass is 10.2. The molecule has 0 amide bonds. The van der Waals surface area contributed by atoms with Gasteiger partial charge in [-0.25, -0.2) is 0 Å². The fourth-order valence-electron chi connectivity index (χ4n) is 2.71. The van der Waals surface area contributed by atoms with Crippen LogP contribution in [0.3, 0.4) is 0 Å². The maximum Gasteiger partial charge on any atom is 0.462 e. The molecule has 0 aromatic carbocycles. The zero-order valence-electron chi connectivity index (χ0n) is 25.1. The van der Waals surface area contributed by atoms with Crippen LogP contribution in [0, 0.1) is 0 Å². The van der Waals surface area contributed by atoms with Crippen molar-refractivity contribution in [1.82, 2.24) is 0 Å². The summed E-state index contributed by atoms with van der Waals surface area (Å²) in [6, 6.07) is -5.29. The number of rotatable bonds is 16. The molecule has 0 bridgehead atoms. The maximum atomic E-state index is 14.5. The van der Waals surface area contributed by atoms with Gasteiger partial charge in [0.25, 0.3) is 0 Å². The largest absolute Gasteiger partial charge is 0.462 e. The number of carbonyl (C=O) groups is 1. The average Bonchev–Trinajstić information content (AvgIpc) is 2.91. The van der Waals surface area contributed by atoms with Crippen LogP contribution in [0.2, 0.25) is 0 Å². The molecule has 0 aliphatic heterocycles. The maximum absolute atomic E-state index is 14.5. The van der Waals surface area contributed by atoms with Gasteiger partial charge < -0.3 is 0 Å². The molecule has 42 heteroatoms. The van der Waals surface area contributed by atoms with Crippen molar-refractivity contribution in [3.05, 3.63) is 0 Å². The molecule has 5 atom stereocenters. The molecule has 0 unspecified atom stereocenters. The lowest BCUT2D eigenvalue weighted by Gasteiger charge is -2.44. The van der Waals surface area contributed by atoms with Crippen molar-refractivity contribution >= 4 is 6.04 Å². The molecular formula is C18F36O6. The Labute approximate surface area is 297 Å². The third kappa shape index (κ3) is 9.19. The average molecular weight is 996 g/mol. The normalized spacial score (nSPS) is 20.7. The van der Waals surface area contributed by atoms with Gasteiger partial charge in [0.05, 0.1) is 0 Å². The zero-order chi connectivity index (χ0) is 49.6. The van der Waals surface area contributed by atoms with Crippen LogP contribution in [0.15, 0.2) is 0 Å². The van der Waals surface area contributed by atoms with Crippen LogP contribution in [0.4, 0.5) is 158 Å². The van der Waals surface area contributed by atoms with Crippen molar-refractivity contribution in [2.45, 2.75) is 103 Å². The first kappa shape index (κ1) is 57.0. The van der Waals surface area contributed by atoms with Crippen LogP contribution in [-0.4, -0.2) is 109 Å². The molecule has 0 radical (unpaired) electrons. The highest BCUT2D eigenvalue weighted by atomic mass is 19.5. The monoisotopic (exact) mass is 996 g/mol. The van der Waals surface area contributed by atoms with E-state index in [1.807, 2.05) is 0 Å². The van der Waals surface area contributed by atoms with Crippen LogP contribution in [0.25, 0.3) is 0 Å². The van der Waals surface area contributed by atoms with Gasteiger partial charge in [0.1, 0.15) is 0 Å². The number of hydrogen-bond acceptors (Lipinski definition) is 6. The van der Waals surface area contributed by atoms with Crippen molar-refractivity contribution in [2.24, 2.45) is 0 Å². The Hall–Kier alpha value is -3.05. The molecule has 0 heterocycles. The first-order valence-electron chi connectivity index (χ1n) is 12.0. The number of hydrogen-bond donors (Lipinski definition) is 0.